The zero-order chi connectivity index (χ0) is 32.7. The van der Waals surface area contributed by atoms with Crippen LogP contribution < -0.4 is 15.6 Å². The predicted molar refractivity (Wildman–Crippen MR) is 171 cm³/mol. The van der Waals surface area contributed by atoms with Gasteiger partial charge in [0.25, 0.3) is 5.56 Å². The highest BCUT2D eigenvalue weighted by Crippen LogP contribution is 2.36. The summed E-state index contributed by atoms with van der Waals surface area (Å²) in [5, 5.41) is 8.14. The number of anilines is 1. The molecule has 2 N–H and O–H groups in total. The normalized spacial score (nSPS) is 12.1. The van der Waals surface area contributed by atoms with E-state index in [0.29, 0.717) is 33.8 Å². The topological polar surface area (TPSA) is 93.8 Å². The number of halogens is 5. The number of amides is 1. The minimum atomic E-state index is -1.09. The molecule has 2 aromatic heterocycles. The van der Waals surface area contributed by atoms with Gasteiger partial charge in [0.1, 0.15) is 17.5 Å². The molecule has 0 bridgehead atoms. The molecule has 0 fully saturated rings. The number of nitrogens with zero attached hydrogens (tertiary/aromatic N) is 4. The Kier molecular flexibility index (Phi) is 8.45. The summed E-state index contributed by atoms with van der Waals surface area (Å²) < 4.78 is 63.1. The second-order valence-corrected chi connectivity index (χ2v) is 11.4. The van der Waals surface area contributed by atoms with Crippen LogP contribution in [0.1, 0.15) is 17.4 Å². The standard InChI is InChI=1S/C32H23ClF4N6O2S/c1-42-29-26(9-8-22(33)27(29)30(40-42)41-46-2)43-31(25(38-15-44)12-16-10-18(34)14-19(35)11-16)39-24-13-17(6-7-21(24)32(43)45)20-4-3-5-23(36)28(20)37/h3-11,13-15,25H,12H2,1-2H3,(H,38,44)(H,40,41). The fourth-order valence-corrected chi connectivity index (χ4v) is 6.12. The van der Waals surface area contributed by atoms with E-state index in [0.717, 1.165) is 24.3 Å². The number of rotatable bonds is 9. The fourth-order valence-electron chi connectivity index (χ4n) is 5.54. The molecule has 1 atom stereocenters. The summed E-state index contributed by atoms with van der Waals surface area (Å²) in [4.78, 5) is 31.1. The van der Waals surface area contributed by atoms with E-state index in [9.17, 15) is 27.2 Å². The first-order chi connectivity index (χ1) is 22.1. The van der Waals surface area contributed by atoms with Gasteiger partial charge in [-0.25, -0.2) is 22.5 Å². The lowest BCUT2D eigenvalue weighted by atomic mass is 10.0. The summed E-state index contributed by atoms with van der Waals surface area (Å²) in [5.74, 6) is -3.33. The van der Waals surface area contributed by atoms with E-state index in [-0.39, 0.29) is 39.8 Å². The summed E-state index contributed by atoms with van der Waals surface area (Å²) in [7, 11) is 1.67. The molecule has 0 spiro atoms. The number of hydrogen-bond donors (Lipinski definition) is 2. The third kappa shape index (κ3) is 5.56. The lowest BCUT2D eigenvalue weighted by Gasteiger charge is -2.22. The maximum Gasteiger partial charge on any atom is 0.266 e. The van der Waals surface area contributed by atoms with Crippen LogP contribution in [0.2, 0.25) is 5.02 Å². The Bertz CT molecular complexity index is 2200. The van der Waals surface area contributed by atoms with Gasteiger partial charge in [0.05, 0.1) is 38.6 Å². The highest BCUT2D eigenvalue weighted by Gasteiger charge is 2.26. The number of aryl methyl sites for hydroxylation is 1. The number of nitrogens with one attached hydrogen (secondary N) is 2. The van der Waals surface area contributed by atoms with Crippen molar-refractivity contribution in [2.45, 2.75) is 12.5 Å². The van der Waals surface area contributed by atoms with E-state index < -0.39 is 34.9 Å². The van der Waals surface area contributed by atoms with Gasteiger partial charge in [-0.1, -0.05) is 41.7 Å². The van der Waals surface area contributed by atoms with Crippen molar-refractivity contribution in [2.24, 2.45) is 7.05 Å². The SMILES string of the molecule is CSNc1nn(C)c2c(-n3c(C(Cc4cc(F)cc(F)c4)NC=O)nc4cc(-c5cccc(F)c5F)ccc4c3=O)ccc(Cl)c12. The Labute approximate surface area is 268 Å². The Morgan fingerprint density at radius 3 is 2.50 bits per heavy atom. The number of aromatic nitrogens is 4. The molecular formula is C32H23ClF4N6O2S. The maximum absolute atomic E-state index is 14.7. The zero-order valence-corrected chi connectivity index (χ0v) is 25.7. The van der Waals surface area contributed by atoms with Crippen molar-refractivity contribution in [1.82, 2.24) is 24.6 Å². The van der Waals surface area contributed by atoms with Gasteiger partial charge in [-0.05, 0) is 53.6 Å². The van der Waals surface area contributed by atoms with E-state index in [1.54, 1.807) is 19.2 Å². The summed E-state index contributed by atoms with van der Waals surface area (Å²) >= 11 is 7.89. The molecule has 0 saturated heterocycles. The highest BCUT2D eigenvalue weighted by atomic mass is 35.5. The average Bonchev–Trinajstić information content (AvgIpc) is 3.34. The molecule has 6 rings (SSSR count). The third-order valence-corrected chi connectivity index (χ3v) is 8.17. The largest absolute Gasteiger partial charge is 0.348 e. The van der Waals surface area contributed by atoms with Crippen LogP contribution in [0.4, 0.5) is 23.4 Å². The second-order valence-electron chi connectivity index (χ2n) is 10.3. The lowest BCUT2D eigenvalue weighted by Crippen LogP contribution is -2.32. The second kappa shape index (κ2) is 12.5. The number of carbonyl (C=O) groups is 1. The van der Waals surface area contributed by atoms with Gasteiger partial charge < -0.3 is 10.0 Å². The molecule has 2 heterocycles. The van der Waals surface area contributed by atoms with E-state index in [2.05, 4.69) is 15.1 Å². The zero-order valence-electron chi connectivity index (χ0n) is 24.1. The fraction of sp³-hybridized carbons (Fsp3) is 0.125. The van der Waals surface area contributed by atoms with Crippen molar-refractivity contribution in [3.05, 3.63) is 117 Å². The van der Waals surface area contributed by atoms with Crippen molar-refractivity contribution in [3.8, 4) is 16.8 Å². The number of hydrogen-bond acceptors (Lipinski definition) is 6. The van der Waals surface area contributed by atoms with E-state index in [1.807, 2.05) is 6.26 Å². The Hall–Kier alpha value is -4.88. The quantitative estimate of drug-likeness (QED) is 0.0994. The van der Waals surface area contributed by atoms with E-state index in [1.165, 1.54) is 51.5 Å². The molecule has 8 nitrogen and oxygen atoms in total. The Morgan fingerprint density at radius 2 is 1.78 bits per heavy atom. The van der Waals surface area contributed by atoms with Gasteiger partial charge in [0, 0.05) is 31.4 Å². The maximum atomic E-state index is 14.7. The summed E-state index contributed by atoms with van der Waals surface area (Å²) in [6.45, 7) is 0. The van der Waals surface area contributed by atoms with Crippen LogP contribution in [0.3, 0.4) is 0 Å². The van der Waals surface area contributed by atoms with Gasteiger partial charge in [0.2, 0.25) is 6.41 Å². The van der Waals surface area contributed by atoms with Crippen molar-refractivity contribution in [2.75, 3.05) is 11.0 Å². The Balaban J connectivity index is 1.67. The van der Waals surface area contributed by atoms with E-state index >= 15 is 0 Å². The molecule has 6 aromatic rings. The average molecular weight is 667 g/mol. The predicted octanol–water partition coefficient (Wildman–Crippen LogP) is 6.87. The van der Waals surface area contributed by atoms with Crippen LogP contribution in [-0.2, 0) is 18.3 Å². The van der Waals surface area contributed by atoms with Gasteiger partial charge in [0.15, 0.2) is 17.5 Å². The van der Waals surface area contributed by atoms with Crippen LogP contribution in [0, 0.1) is 23.3 Å². The molecular weight excluding hydrogens is 644 g/mol. The molecule has 0 saturated carbocycles. The first kappa shape index (κ1) is 31.1. The van der Waals surface area contributed by atoms with Crippen LogP contribution in [0.15, 0.2) is 71.5 Å². The van der Waals surface area contributed by atoms with Crippen LogP contribution in [0.5, 0.6) is 0 Å². The minimum Gasteiger partial charge on any atom is -0.348 e. The molecule has 0 aliphatic carbocycles. The minimum absolute atomic E-state index is 0.00432. The van der Waals surface area contributed by atoms with Gasteiger partial charge >= 0.3 is 0 Å². The number of carbonyl (C=O) groups excluding carboxylic acids is 1. The Morgan fingerprint density at radius 1 is 1.02 bits per heavy atom. The molecule has 1 amide bonds. The molecule has 0 aliphatic rings. The highest BCUT2D eigenvalue weighted by molar-refractivity contribution is 7.99. The number of benzene rings is 4. The smallest absolute Gasteiger partial charge is 0.266 e. The van der Waals surface area contributed by atoms with Crippen LogP contribution in [0.25, 0.3) is 38.6 Å². The molecule has 0 radical (unpaired) electrons. The number of fused-ring (bicyclic) bond motifs is 2. The molecule has 0 aliphatic heterocycles. The summed E-state index contributed by atoms with van der Waals surface area (Å²) in [6, 6.07) is 13.1. The molecule has 1 unspecified atom stereocenters. The molecule has 14 heteroatoms. The summed E-state index contributed by atoms with van der Waals surface area (Å²) in [5.41, 5.74) is 0.687. The van der Waals surface area contributed by atoms with Gasteiger partial charge in [-0.3, -0.25) is 18.8 Å². The third-order valence-electron chi connectivity index (χ3n) is 7.46. The summed E-state index contributed by atoms with van der Waals surface area (Å²) in [6.07, 6.45) is 2.04. The van der Waals surface area contributed by atoms with Crippen molar-refractivity contribution in [1.29, 1.82) is 0 Å². The van der Waals surface area contributed by atoms with Gasteiger partial charge in [-0.15, -0.1) is 0 Å². The van der Waals surface area contributed by atoms with Crippen molar-refractivity contribution in [3.63, 3.8) is 0 Å². The molecule has 46 heavy (non-hydrogen) atoms. The first-order valence-corrected chi connectivity index (χ1v) is 15.3. The van der Waals surface area contributed by atoms with E-state index in [4.69, 9.17) is 16.6 Å². The molecule has 4 aromatic carbocycles. The lowest BCUT2D eigenvalue weighted by molar-refractivity contribution is -0.110. The van der Waals surface area contributed by atoms with Crippen molar-refractivity contribution < 1.29 is 22.4 Å². The molecule has 234 valence electrons. The van der Waals surface area contributed by atoms with Crippen molar-refractivity contribution >= 4 is 57.6 Å². The first-order valence-electron chi connectivity index (χ1n) is 13.7. The monoisotopic (exact) mass is 666 g/mol. The van der Waals surface area contributed by atoms with Gasteiger partial charge in [-0.2, -0.15) is 5.10 Å². The van der Waals surface area contributed by atoms with Crippen LogP contribution >= 0.6 is 23.5 Å². The van der Waals surface area contributed by atoms with Crippen LogP contribution in [-0.4, -0.2) is 32.0 Å².